The maximum atomic E-state index is 11.6. The van der Waals surface area contributed by atoms with Crippen LogP contribution in [-0.4, -0.2) is 22.9 Å². The highest BCUT2D eigenvalue weighted by molar-refractivity contribution is 14.1. The van der Waals surface area contributed by atoms with Crippen molar-refractivity contribution in [3.8, 4) is 0 Å². The zero-order valence-corrected chi connectivity index (χ0v) is 13.5. The Morgan fingerprint density at radius 2 is 2.25 bits per heavy atom. The van der Waals surface area contributed by atoms with Crippen molar-refractivity contribution in [2.24, 2.45) is 5.10 Å². The first-order valence-corrected chi connectivity index (χ1v) is 7.92. The predicted molar refractivity (Wildman–Crippen MR) is 89.9 cm³/mol. The summed E-state index contributed by atoms with van der Waals surface area (Å²) in [5.74, 6) is 0.142. The molecule has 1 heterocycles. The monoisotopic (exact) mass is 397 g/mol. The highest BCUT2D eigenvalue weighted by Crippen LogP contribution is 2.12. The van der Waals surface area contributed by atoms with E-state index in [9.17, 15) is 4.79 Å². The summed E-state index contributed by atoms with van der Waals surface area (Å²) in [4.78, 5) is 15.7. The summed E-state index contributed by atoms with van der Waals surface area (Å²) in [7, 11) is 0. The number of amides is 1. The lowest BCUT2D eigenvalue weighted by molar-refractivity contribution is -0.118. The number of thioether (sulfide) groups is 1. The van der Waals surface area contributed by atoms with Crippen LogP contribution in [0.3, 0.4) is 0 Å². The topological polar surface area (TPSA) is 54.4 Å². The molecule has 2 rings (SSSR count). The Kier molecular flexibility index (Phi) is 6.00. The fourth-order valence-electron chi connectivity index (χ4n) is 1.37. The number of hydrogen-bond donors (Lipinski definition) is 1. The Morgan fingerprint density at radius 3 is 3.00 bits per heavy atom. The molecule has 1 aromatic heterocycles. The van der Waals surface area contributed by atoms with Crippen LogP contribution in [0.2, 0.25) is 0 Å². The Morgan fingerprint density at radius 1 is 1.35 bits per heavy atom. The van der Waals surface area contributed by atoms with Gasteiger partial charge >= 0.3 is 0 Å². The van der Waals surface area contributed by atoms with Crippen molar-refractivity contribution in [2.45, 2.75) is 5.03 Å². The van der Waals surface area contributed by atoms with Crippen LogP contribution in [0.15, 0.2) is 58.8 Å². The van der Waals surface area contributed by atoms with E-state index in [0.717, 1.165) is 14.2 Å². The van der Waals surface area contributed by atoms with Gasteiger partial charge in [0.05, 0.1) is 17.0 Å². The normalized spacial score (nSPS) is 10.7. The van der Waals surface area contributed by atoms with Gasteiger partial charge in [0.1, 0.15) is 0 Å². The summed E-state index contributed by atoms with van der Waals surface area (Å²) < 4.78 is 1.13. The van der Waals surface area contributed by atoms with E-state index in [4.69, 9.17) is 0 Å². The number of nitrogens with zero attached hydrogens (tertiary/aromatic N) is 2. The number of benzene rings is 1. The third kappa shape index (κ3) is 5.30. The molecule has 1 aromatic carbocycles. The number of nitrogens with one attached hydrogen (secondary N) is 1. The Balaban J connectivity index is 1.78. The molecule has 0 bridgehead atoms. The zero-order valence-electron chi connectivity index (χ0n) is 10.5. The van der Waals surface area contributed by atoms with Crippen LogP contribution in [0.1, 0.15) is 5.56 Å². The molecule has 6 heteroatoms. The van der Waals surface area contributed by atoms with E-state index in [0.29, 0.717) is 5.75 Å². The second-order valence-electron chi connectivity index (χ2n) is 3.80. The largest absolute Gasteiger partial charge is 0.272 e. The van der Waals surface area contributed by atoms with Gasteiger partial charge in [0, 0.05) is 9.77 Å². The molecule has 0 spiro atoms. The van der Waals surface area contributed by atoms with Gasteiger partial charge in [-0.3, -0.25) is 4.79 Å². The van der Waals surface area contributed by atoms with Gasteiger partial charge in [0.2, 0.25) is 5.91 Å². The van der Waals surface area contributed by atoms with Crippen molar-refractivity contribution < 1.29 is 4.79 Å². The molecule has 0 saturated heterocycles. The number of pyridine rings is 1. The van der Waals surface area contributed by atoms with Crippen molar-refractivity contribution in [2.75, 3.05) is 5.75 Å². The van der Waals surface area contributed by atoms with Crippen LogP contribution in [0.25, 0.3) is 0 Å². The molecule has 4 nitrogen and oxygen atoms in total. The minimum absolute atomic E-state index is 0.150. The van der Waals surface area contributed by atoms with Gasteiger partial charge in [-0.2, -0.15) is 5.10 Å². The molecule has 0 atom stereocenters. The zero-order chi connectivity index (χ0) is 14.2. The number of rotatable bonds is 5. The molecule has 0 fully saturated rings. The van der Waals surface area contributed by atoms with Crippen molar-refractivity contribution in [3.05, 3.63) is 57.8 Å². The number of hydrazone groups is 1. The van der Waals surface area contributed by atoms with Gasteiger partial charge in [0.25, 0.3) is 0 Å². The molecular weight excluding hydrogens is 385 g/mol. The van der Waals surface area contributed by atoms with E-state index in [1.165, 1.54) is 11.8 Å². The van der Waals surface area contributed by atoms with Crippen LogP contribution in [0, 0.1) is 3.57 Å². The maximum absolute atomic E-state index is 11.6. The number of aromatic nitrogens is 1. The molecule has 0 radical (unpaired) electrons. The van der Waals surface area contributed by atoms with Crippen LogP contribution in [0.4, 0.5) is 0 Å². The molecule has 0 aliphatic rings. The Bertz CT molecular complexity index is 604. The molecule has 102 valence electrons. The van der Waals surface area contributed by atoms with Gasteiger partial charge in [0.15, 0.2) is 0 Å². The minimum atomic E-state index is -0.150. The van der Waals surface area contributed by atoms with Gasteiger partial charge in [-0.1, -0.05) is 30.0 Å². The number of hydrogen-bond acceptors (Lipinski definition) is 4. The lowest BCUT2D eigenvalue weighted by Crippen LogP contribution is -2.19. The summed E-state index contributed by atoms with van der Waals surface area (Å²) in [6.45, 7) is 0. The summed E-state index contributed by atoms with van der Waals surface area (Å²) in [6.07, 6.45) is 3.33. The number of carbonyl (C=O) groups excluding carboxylic acids is 1. The van der Waals surface area contributed by atoms with Crippen LogP contribution in [-0.2, 0) is 4.79 Å². The van der Waals surface area contributed by atoms with Gasteiger partial charge in [-0.25, -0.2) is 10.4 Å². The number of carbonyl (C=O) groups is 1. The van der Waals surface area contributed by atoms with Gasteiger partial charge in [-0.05, 0) is 52.4 Å². The Hall–Kier alpha value is -1.41. The van der Waals surface area contributed by atoms with E-state index in [-0.39, 0.29) is 5.91 Å². The molecule has 1 N–H and O–H groups in total. The number of halogens is 1. The first-order valence-electron chi connectivity index (χ1n) is 5.85. The summed E-state index contributed by atoms with van der Waals surface area (Å²) >= 11 is 3.61. The van der Waals surface area contributed by atoms with E-state index < -0.39 is 0 Å². The van der Waals surface area contributed by atoms with Crippen molar-refractivity contribution in [3.63, 3.8) is 0 Å². The lowest BCUT2D eigenvalue weighted by Gasteiger charge is -1.99. The van der Waals surface area contributed by atoms with Crippen LogP contribution >= 0.6 is 34.4 Å². The van der Waals surface area contributed by atoms with E-state index in [2.05, 4.69) is 38.1 Å². The highest BCUT2D eigenvalue weighted by atomic mass is 127. The molecular formula is C14H12IN3OS. The average Bonchev–Trinajstić information content (AvgIpc) is 2.46. The van der Waals surface area contributed by atoms with Crippen molar-refractivity contribution >= 4 is 46.5 Å². The van der Waals surface area contributed by atoms with Gasteiger partial charge in [-0.15, -0.1) is 0 Å². The van der Waals surface area contributed by atoms with E-state index >= 15 is 0 Å². The first kappa shape index (κ1) is 15.0. The molecule has 0 aliphatic heterocycles. The smallest absolute Gasteiger partial charge is 0.250 e. The fourth-order valence-corrected chi connectivity index (χ4v) is 2.59. The molecule has 1 amide bonds. The second kappa shape index (κ2) is 8.01. The van der Waals surface area contributed by atoms with E-state index in [1.807, 2.05) is 42.5 Å². The summed E-state index contributed by atoms with van der Waals surface area (Å²) in [5.41, 5.74) is 3.45. The fraction of sp³-hybridized carbons (Fsp3) is 0.0714. The van der Waals surface area contributed by atoms with E-state index in [1.54, 1.807) is 12.4 Å². The highest BCUT2D eigenvalue weighted by Gasteiger charge is 2.01. The standard InChI is InChI=1S/C14H12IN3OS/c15-12-5-3-4-11(8-12)9-17-18-13(19)10-20-14-6-1-2-7-16-14/h1-9H,10H2,(H,18,19)/b17-9+. The first-order chi connectivity index (χ1) is 9.74. The van der Waals surface area contributed by atoms with Crippen molar-refractivity contribution in [1.29, 1.82) is 0 Å². The van der Waals surface area contributed by atoms with Gasteiger partial charge < -0.3 is 0 Å². The minimum Gasteiger partial charge on any atom is -0.272 e. The summed E-state index contributed by atoms with van der Waals surface area (Å²) in [6, 6.07) is 13.5. The second-order valence-corrected chi connectivity index (χ2v) is 6.05. The average molecular weight is 397 g/mol. The third-order valence-corrected chi connectivity index (χ3v) is 3.86. The molecule has 0 aliphatic carbocycles. The Labute approximate surface area is 135 Å². The molecule has 2 aromatic rings. The lowest BCUT2D eigenvalue weighted by atomic mass is 10.2. The van der Waals surface area contributed by atoms with Crippen LogP contribution < -0.4 is 5.43 Å². The van der Waals surface area contributed by atoms with Crippen LogP contribution in [0.5, 0.6) is 0 Å². The quantitative estimate of drug-likeness (QED) is 0.365. The molecule has 0 saturated carbocycles. The predicted octanol–water partition coefficient (Wildman–Crippen LogP) is 2.93. The molecule has 0 unspecified atom stereocenters. The maximum Gasteiger partial charge on any atom is 0.250 e. The SMILES string of the molecule is O=C(CSc1ccccn1)N/N=C/c1cccc(I)c1. The third-order valence-electron chi connectivity index (χ3n) is 2.24. The van der Waals surface area contributed by atoms with Crippen molar-refractivity contribution in [1.82, 2.24) is 10.4 Å². The molecule has 20 heavy (non-hydrogen) atoms. The summed E-state index contributed by atoms with van der Waals surface area (Å²) in [5, 5.41) is 4.76.